The maximum absolute atomic E-state index is 12.2. The van der Waals surface area contributed by atoms with Crippen LogP contribution in [-0.4, -0.2) is 23.9 Å². The fourth-order valence-electron chi connectivity index (χ4n) is 1.98. The highest BCUT2D eigenvalue weighted by Crippen LogP contribution is 2.22. The molecule has 4 nitrogen and oxygen atoms in total. The van der Waals surface area contributed by atoms with Gasteiger partial charge in [-0.25, -0.2) is 0 Å². The Morgan fingerprint density at radius 3 is 1.87 bits per heavy atom. The first-order valence-electron chi connectivity index (χ1n) is 8.24. The van der Waals surface area contributed by atoms with Crippen molar-refractivity contribution in [2.45, 2.75) is 66.0 Å². The van der Waals surface area contributed by atoms with Gasteiger partial charge in [0.25, 0.3) is 5.91 Å². The summed E-state index contributed by atoms with van der Waals surface area (Å²) in [6, 6.07) is 7.04. The van der Waals surface area contributed by atoms with Crippen LogP contribution in [0.25, 0.3) is 0 Å². The van der Waals surface area contributed by atoms with E-state index in [0.29, 0.717) is 11.5 Å². The lowest BCUT2D eigenvalue weighted by Crippen LogP contribution is -2.48. The molecule has 0 aliphatic rings. The average Bonchev–Trinajstić information content (AvgIpc) is 2.46. The number of amides is 2. The number of nitrogens with one attached hydrogen (secondary N) is 2. The van der Waals surface area contributed by atoms with Gasteiger partial charge in [-0.05, 0) is 42.9 Å². The molecule has 1 rings (SSSR count). The molecule has 1 aromatic carbocycles. The second-order valence-electron chi connectivity index (χ2n) is 7.56. The van der Waals surface area contributed by atoms with Crippen molar-refractivity contribution in [3.05, 3.63) is 35.4 Å². The summed E-state index contributed by atoms with van der Waals surface area (Å²) in [5.74, 6) is -0.0389. The van der Waals surface area contributed by atoms with Crippen LogP contribution in [0.1, 0.15) is 64.4 Å². The van der Waals surface area contributed by atoms with E-state index in [4.69, 9.17) is 0 Å². The number of benzene rings is 1. The number of hydrogen-bond acceptors (Lipinski definition) is 2. The molecule has 1 aromatic rings. The van der Waals surface area contributed by atoms with Gasteiger partial charge in [0, 0.05) is 11.6 Å². The molecule has 0 saturated carbocycles. The third-order valence-electron chi connectivity index (χ3n) is 4.12. The molecule has 0 bridgehead atoms. The second-order valence-corrected chi connectivity index (χ2v) is 7.56. The molecule has 0 saturated heterocycles. The van der Waals surface area contributed by atoms with E-state index in [1.54, 1.807) is 19.1 Å². The van der Waals surface area contributed by atoms with E-state index in [2.05, 4.69) is 31.4 Å². The van der Waals surface area contributed by atoms with Crippen molar-refractivity contribution in [2.24, 2.45) is 5.92 Å². The van der Waals surface area contributed by atoms with Gasteiger partial charge in [-0.1, -0.05) is 46.8 Å². The molecule has 0 aliphatic heterocycles. The van der Waals surface area contributed by atoms with Crippen LogP contribution < -0.4 is 10.6 Å². The smallest absolute Gasteiger partial charge is 0.251 e. The Kier molecular flexibility index (Phi) is 6.37. The topological polar surface area (TPSA) is 58.2 Å². The average molecular weight is 318 g/mol. The first kappa shape index (κ1) is 19.2. The summed E-state index contributed by atoms with van der Waals surface area (Å²) in [4.78, 5) is 24.3. The molecule has 2 unspecified atom stereocenters. The number of carbonyl (C=O) groups excluding carboxylic acids is 2. The minimum atomic E-state index is -0.564. The van der Waals surface area contributed by atoms with Crippen molar-refractivity contribution in [1.82, 2.24) is 10.6 Å². The molecule has 4 heteroatoms. The molecule has 0 heterocycles. The molecule has 0 aliphatic carbocycles. The van der Waals surface area contributed by atoms with E-state index in [1.807, 2.05) is 32.9 Å². The van der Waals surface area contributed by atoms with Crippen LogP contribution in [0.3, 0.4) is 0 Å². The summed E-state index contributed by atoms with van der Waals surface area (Å²) < 4.78 is 0. The van der Waals surface area contributed by atoms with Crippen LogP contribution in [0.4, 0.5) is 0 Å². The quantitative estimate of drug-likeness (QED) is 0.875. The Hall–Kier alpha value is -1.84. The Bertz CT molecular complexity index is 541. The standard InChI is InChI=1S/C19H30N2O2/c1-12(2)13(3)20-17(22)14(4)21-18(23)15-8-10-16(11-9-15)19(5,6)7/h8-14H,1-7H3,(H,20,22)(H,21,23). The SMILES string of the molecule is CC(NC(=O)c1ccc(C(C)(C)C)cc1)C(=O)NC(C)C(C)C. The third kappa shape index (κ3) is 5.70. The molecule has 2 N–H and O–H groups in total. The Morgan fingerprint density at radius 1 is 0.913 bits per heavy atom. The number of rotatable bonds is 5. The minimum absolute atomic E-state index is 0.0508. The molecule has 0 spiro atoms. The van der Waals surface area contributed by atoms with E-state index in [9.17, 15) is 9.59 Å². The largest absolute Gasteiger partial charge is 0.352 e. The van der Waals surface area contributed by atoms with E-state index in [-0.39, 0.29) is 23.3 Å². The van der Waals surface area contributed by atoms with Crippen LogP contribution >= 0.6 is 0 Å². The van der Waals surface area contributed by atoms with Crippen LogP contribution in [0.5, 0.6) is 0 Å². The fourth-order valence-corrected chi connectivity index (χ4v) is 1.98. The van der Waals surface area contributed by atoms with Gasteiger partial charge < -0.3 is 10.6 Å². The molecule has 23 heavy (non-hydrogen) atoms. The van der Waals surface area contributed by atoms with Crippen molar-refractivity contribution >= 4 is 11.8 Å². The zero-order chi connectivity index (χ0) is 17.8. The van der Waals surface area contributed by atoms with Crippen molar-refractivity contribution in [2.75, 3.05) is 0 Å². The maximum Gasteiger partial charge on any atom is 0.251 e. The van der Waals surface area contributed by atoms with E-state index >= 15 is 0 Å². The summed E-state index contributed by atoms with van der Waals surface area (Å²) in [6.07, 6.45) is 0. The van der Waals surface area contributed by atoms with Crippen LogP contribution in [-0.2, 0) is 10.2 Å². The highest BCUT2D eigenvalue weighted by Gasteiger charge is 2.20. The number of hydrogen-bond donors (Lipinski definition) is 2. The lowest BCUT2D eigenvalue weighted by atomic mass is 9.86. The predicted octanol–water partition coefficient (Wildman–Crippen LogP) is 3.26. The van der Waals surface area contributed by atoms with Gasteiger partial charge >= 0.3 is 0 Å². The predicted molar refractivity (Wildman–Crippen MR) is 94.5 cm³/mol. The lowest BCUT2D eigenvalue weighted by Gasteiger charge is -2.21. The Morgan fingerprint density at radius 2 is 1.43 bits per heavy atom. The van der Waals surface area contributed by atoms with E-state index in [1.165, 1.54) is 5.56 Å². The minimum Gasteiger partial charge on any atom is -0.352 e. The molecular weight excluding hydrogens is 288 g/mol. The molecule has 2 amide bonds. The van der Waals surface area contributed by atoms with Crippen molar-refractivity contribution < 1.29 is 9.59 Å². The van der Waals surface area contributed by atoms with Gasteiger partial charge in [0.1, 0.15) is 6.04 Å². The Labute approximate surface area is 140 Å². The molecule has 0 aromatic heterocycles. The van der Waals surface area contributed by atoms with Crippen LogP contribution in [0.15, 0.2) is 24.3 Å². The van der Waals surface area contributed by atoms with Crippen molar-refractivity contribution in [1.29, 1.82) is 0 Å². The van der Waals surface area contributed by atoms with Crippen LogP contribution in [0.2, 0.25) is 0 Å². The molecule has 128 valence electrons. The molecular formula is C19H30N2O2. The lowest BCUT2D eigenvalue weighted by molar-refractivity contribution is -0.123. The summed E-state index contributed by atoms with van der Waals surface area (Å²) in [5, 5.41) is 5.66. The van der Waals surface area contributed by atoms with E-state index in [0.717, 1.165) is 0 Å². The summed E-state index contributed by atoms with van der Waals surface area (Å²) >= 11 is 0. The molecule has 0 fully saturated rings. The third-order valence-corrected chi connectivity index (χ3v) is 4.12. The van der Waals surface area contributed by atoms with Gasteiger partial charge in [-0.3, -0.25) is 9.59 Å². The summed E-state index contributed by atoms with van der Waals surface area (Å²) in [6.45, 7) is 14.1. The van der Waals surface area contributed by atoms with Gasteiger partial charge in [0.15, 0.2) is 0 Å². The monoisotopic (exact) mass is 318 g/mol. The second kappa shape index (κ2) is 7.62. The highest BCUT2D eigenvalue weighted by atomic mass is 16.2. The normalized spacial score (nSPS) is 14.3. The van der Waals surface area contributed by atoms with Crippen molar-refractivity contribution in [3.8, 4) is 0 Å². The Balaban J connectivity index is 2.66. The molecule has 2 atom stereocenters. The highest BCUT2D eigenvalue weighted by molar-refractivity contribution is 5.97. The van der Waals surface area contributed by atoms with Gasteiger partial charge in [-0.2, -0.15) is 0 Å². The maximum atomic E-state index is 12.2. The van der Waals surface area contributed by atoms with Gasteiger partial charge in [-0.15, -0.1) is 0 Å². The first-order valence-corrected chi connectivity index (χ1v) is 8.24. The van der Waals surface area contributed by atoms with Crippen LogP contribution in [0, 0.1) is 5.92 Å². The van der Waals surface area contributed by atoms with Crippen molar-refractivity contribution in [3.63, 3.8) is 0 Å². The van der Waals surface area contributed by atoms with Gasteiger partial charge in [0.05, 0.1) is 0 Å². The molecule has 0 radical (unpaired) electrons. The van der Waals surface area contributed by atoms with Gasteiger partial charge in [0.2, 0.25) is 5.91 Å². The van der Waals surface area contributed by atoms with E-state index < -0.39 is 6.04 Å². The zero-order valence-corrected chi connectivity index (χ0v) is 15.4. The first-order chi connectivity index (χ1) is 10.5. The summed E-state index contributed by atoms with van der Waals surface area (Å²) in [7, 11) is 0. The number of carbonyl (C=O) groups is 2. The zero-order valence-electron chi connectivity index (χ0n) is 15.4. The summed E-state index contributed by atoms with van der Waals surface area (Å²) in [5.41, 5.74) is 1.79. The fraction of sp³-hybridized carbons (Fsp3) is 0.579.